The number of aromatic nitrogens is 2. The number of halogens is 5. The Kier molecular flexibility index (Phi) is 4.23. The van der Waals surface area contributed by atoms with Crippen molar-refractivity contribution in [2.75, 3.05) is 0 Å². The zero-order valence-corrected chi connectivity index (χ0v) is 13.3. The predicted molar refractivity (Wildman–Crippen MR) is 81.9 cm³/mol. The number of carbonyl (C=O) groups is 1. The van der Waals surface area contributed by atoms with Gasteiger partial charge in [0, 0.05) is 5.56 Å². The molecule has 0 bridgehead atoms. The second-order valence-corrected chi connectivity index (χ2v) is 5.53. The molecule has 1 heterocycles. The Morgan fingerprint density at radius 3 is 2.25 bits per heavy atom. The molecule has 0 atom stereocenters. The van der Waals surface area contributed by atoms with Crippen LogP contribution in [-0.4, -0.2) is 16.1 Å². The van der Waals surface area contributed by atoms with Gasteiger partial charge < -0.3 is 0 Å². The van der Waals surface area contributed by atoms with Gasteiger partial charge in [-0.15, -0.1) is 0 Å². The minimum atomic E-state index is -1.66. The minimum absolute atomic E-state index is 0.0516. The fourth-order valence-electron chi connectivity index (χ4n) is 2.18. The highest BCUT2D eigenvalue weighted by atomic mass is 79.9. The predicted octanol–water partition coefficient (Wildman–Crippen LogP) is 4.67. The van der Waals surface area contributed by atoms with Crippen molar-refractivity contribution < 1.29 is 22.4 Å². The van der Waals surface area contributed by atoms with Crippen molar-refractivity contribution >= 4 is 22.2 Å². The van der Waals surface area contributed by atoms with Gasteiger partial charge >= 0.3 is 0 Å². The van der Waals surface area contributed by atoms with Gasteiger partial charge in [0.05, 0.1) is 11.3 Å². The van der Waals surface area contributed by atoms with Crippen LogP contribution < -0.4 is 0 Å². The standard InChI is InChI=1S/C16H7BrF4N2O/c17-16-11(7-24)15(10-5-6-12(19)14(21)13(10)20)22-23(16)9-3-1-8(18)2-4-9/h1-7H. The topological polar surface area (TPSA) is 34.9 Å². The molecule has 0 aliphatic heterocycles. The number of benzene rings is 2. The fourth-order valence-corrected chi connectivity index (χ4v) is 2.74. The largest absolute Gasteiger partial charge is 0.298 e. The van der Waals surface area contributed by atoms with E-state index in [0.29, 0.717) is 12.0 Å². The first-order valence-corrected chi connectivity index (χ1v) is 7.37. The second kappa shape index (κ2) is 6.20. The summed E-state index contributed by atoms with van der Waals surface area (Å²) in [7, 11) is 0. The molecule has 3 nitrogen and oxygen atoms in total. The van der Waals surface area contributed by atoms with E-state index in [0.717, 1.165) is 12.1 Å². The van der Waals surface area contributed by atoms with E-state index in [1.165, 1.54) is 28.9 Å². The Morgan fingerprint density at radius 1 is 0.958 bits per heavy atom. The van der Waals surface area contributed by atoms with Crippen LogP contribution in [0.4, 0.5) is 17.6 Å². The van der Waals surface area contributed by atoms with Crippen LogP contribution in [0.15, 0.2) is 41.0 Å². The SMILES string of the molecule is O=Cc1c(-c2ccc(F)c(F)c2F)nn(-c2ccc(F)cc2)c1Br. The third-order valence-corrected chi connectivity index (χ3v) is 4.11. The van der Waals surface area contributed by atoms with Crippen LogP contribution in [0.25, 0.3) is 16.9 Å². The summed E-state index contributed by atoms with van der Waals surface area (Å²) in [5.74, 6) is -4.92. The van der Waals surface area contributed by atoms with Crippen molar-refractivity contribution in [1.29, 1.82) is 0 Å². The first-order chi connectivity index (χ1) is 11.4. The second-order valence-electron chi connectivity index (χ2n) is 4.78. The van der Waals surface area contributed by atoms with Gasteiger partial charge in [-0.3, -0.25) is 4.79 Å². The number of carbonyl (C=O) groups excluding carboxylic acids is 1. The summed E-state index contributed by atoms with van der Waals surface area (Å²) < 4.78 is 55.0. The summed E-state index contributed by atoms with van der Waals surface area (Å²) in [5.41, 5.74) is -0.194. The summed E-state index contributed by atoms with van der Waals surface area (Å²) in [6.45, 7) is 0. The molecule has 8 heteroatoms. The van der Waals surface area contributed by atoms with Crippen molar-refractivity contribution in [1.82, 2.24) is 9.78 Å². The molecule has 0 spiro atoms. The lowest BCUT2D eigenvalue weighted by molar-refractivity contribution is 0.112. The van der Waals surface area contributed by atoms with Crippen LogP contribution in [0, 0.1) is 23.3 Å². The molecule has 0 N–H and O–H groups in total. The average Bonchev–Trinajstić information content (AvgIpc) is 2.90. The minimum Gasteiger partial charge on any atom is -0.298 e. The number of rotatable bonds is 3. The Hall–Kier alpha value is -2.48. The smallest absolute Gasteiger partial charge is 0.195 e. The first kappa shape index (κ1) is 16.4. The highest BCUT2D eigenvalue weighted by molar-refractivity contribution is 9.10. The maximum Gasteiger partial charge on any atom is 0.195 e. The lowest BCUT2D eigenvalue weighted by atomic mass is 10.1. The lowest BCUT2D eigenvalue weighted by Gasteiger charge is -2.03. The summed E-state index contributed by atoms with van der Waals surface area (Å²) in [6, 6.07) is 6.89. The molecule has 122 valence electrons. The van der Waals surface area contributed by atoms with Gasteiger partial charge in [-0.1, -0.05) is 0 Å². The molecular weight excluding hydrogens is 392 g/mol. The monoisotopic (exact) mass is 398 g/mol. The maximum atomic E-state index is 14.0. The van der Waals surface area contributed by atoms with Gasteiger partial charge in [0.15, 0.2) is 23.7 Å². The van der Waals surface area contributed by atoms with E-state index in [9.17, 15) is 22.4 Å². The molecule has 0 fully saturated rings. The highest BCUT2D eigenvalue weighted by Crippen LogP contribution is 2.32. The number of hydrogen-bond acceptors (Lipinski definition) is 2. The molecule has 1 aromatic heterocycles. The first-order valence-electron chi connectivity index (χ1n) is 6.57. The zero-order valence-electron chi connectivity index (χ0n) is 11.7. The molecule has 0 radical (unpaired) electrons. The van der Waals surface area contributed by atoms with Crippen molar-refractivity contribution in [3.05, 3.63) is 69.8 Å². The molecular formula is C16H7BrF4N2O. The van der Waals surface area contributed by atoms with Gasteiger partial charge in [0.1, 0.15) is 16.1 Å². The van der Waals surface area contributed by atoms with Crippen molar-refractivity contribution in [2.45, 2.75) is 0 Å². The van der Waals surface area contributed by atoms with Crippen molar-refractivity contribution in [3.8, 4) is 16.9 Å². The number of aldehydes is 1. The van der Waals surface area contributed by atoms with E-state index in [4.69, 9.17) is 0 Å². The van der Waals surface area contributed by atoms with E-state index < -0.39 is 23.3 Å². The molecule has 3 aromatic rings. The third-order valence-electron chi connectivity index (χ3n) is 3.34. The molecule has 0 saturated carbocycles. The van der Waals surface area contributed by atoms with Crippen molar-refractivity contribution in [2.24, 2.45) is 0 Å². The van der Waals surface area contributed by atoms with Gasteiger partial charge in [0.25, 0.3) is 0 Å². The number of nitrogens with zero attached hydrogens (tertiary/aromatic N) is 2. The summed E-state index contributed by atoms with van der Waals surface area (Å²) in [5, 5.41) is 4.07. The van der Waals surface area contributed by atoms with Crippen molar-refractivity contribution in [3.63, 3.8) is 0 Å². The van der Waals surface area contributed by atoms with Crippen LogP contribution >= 0.6 is 15.9 Å². The highest BCUT2D eigenvalue weighted by Gasteiger charge is 2.23. The molecule has 0 unspecified atom stereocenters. The van der Waals surface area contributed by atoms with E-state index in [-0.39, 0.29) is 21.4 Å². The zero-order chi connectivity index (χ0) is 17.4. The molecule has 0 aliphatic rings. The lowest BCUT2D eigenvalue weighted by Crippen LogP contribution is -1.98. The Bertz CT molecular complexity index is 938. The van der Waals surface area contributed by atoms with E-state index in [1.807, 2.05) is 0 Å². The molecule has 24 heavy (non-hydrogen) atoms. The van der Waals surface area contributed by atoms with Crippen LogP contribution in [-0.2, 0) is 0 Å². The fraction of sp³-hybridized carbons (Fsp3) is 0. The van der Waals surface area contributed by atoms with Gasteiger partial charge in [-0.25, -0.2) is 22.2 Å². The maximum absolute atomic E-state index is 14.0. The Balaban J connectivity index is 2.23. The van der Waals surface area contributed by atoms with E-state index in [2.05, 4.69) is 21.0 Å². The van der Waals surface area contributed by atoms with E-state index >= 15 is 0 Å². The molecule has 0 saturated heterocycles. The van der Waals surface area contributed by atoms with Gasteiger partial charge in [0.2, 0.25) is 0 Å². The summed E-state index contributed by atoms with van der Waals surface area (Å²) in [4.78, 5) is 11.3. The Labute approximate surface area is 141 Å². The van der Waals surface area contributed by atoms with Crippen LogP contribution in [0.1, 0.15) is 10.4 Å². The van der Waals surface area contributed by atoms with Crippen LogP contribution in [0.2, 0.25) is 0 Å². The van der Waals surface area contributed by atoms with Crippen LogP contribution in [0.3, 0.4) is 0 Å². The van der Waals surface area contributed by atoms with Gasteiger partial charge in [-0.2, -0.15) is 5.10 Å². The average molecular weight is 399 g/mol. The summed E-state index contributed by atoms with van der Waals surface area (Å²) in [6.07, 6.45) is 0.410. The summed E-state index contributed by atoms with van der Waals surface area (Å²) >= 11 is 3.16. The molecule has 2 aromatic carbocycles. The normalized spacial score (nSPS) is 10.9. The van der Waals surface area contributed by atoms with Gasteiger partial charge in [-0.05, 0) is 52.3 Å². The third kappa shape index (κ3) is 2.62. The molecule has 0 amide bonds. The number of hydrogen-bond donors (Lipinski definition) is 0. The molecule has 0 aliphatic carbocycles. The van der Waals surface area contributed by atoms with Crippen LogP contribution in [0.5, 0.6) is 0 Å². The Morgan fingerprint density at radius 2 is 1.62 bits per heavy atom. The quantitative estimate of drug-likeness (QED) is 0.365. The van der Waals surface area contributed by atoms with E-state index in [1.54, 1.807) is 0 Å². The molecule has 3 rings (SSSR count).